The van der Waals surface area contributed by atoms with Crippen molar-refractivity contribution in [1.29, 1.82) is 0 Å². The van der Waals surface area contributed by atoms with Gasteiger partial charge in [0, 0.05) is 24.6 Å². The summed E-state index contributed by atoms with van der Waals surface area (Å²) in [5.74, 6) is 1.48. The average Bonchev–Trinajstić information content (AvgIpc) is 3.44. The lowest BCUT2D eigenvalue weighted by molar-refractivity contribution is -0.192. The third kappa shape index (κ3) is 2.22. The van der Waals surface area contributed by atoms with Gasteiger partial charge in [0.05, 0.1) is 17.1 Å². The lowest BCUT2D eigenvalue weighted by Gasteiger charge is -2.64. The third-order valence-corrected chi connectivity index (χ3v) is 8.43. The van der Waals surface area contributed by atoms with Gasteiger partial charge < -0.3 is 20.3 Å². The monoisotopic (exact) mass is 398 g/mol. The van der Waals surface area contributed by atoms with Crippen molar-refractivity contribution in [1.82, 2.24) is 10.2 Å². The van der Waals surface area contributed by atoms with Gasteiger partial charge in [-0.3, -0.25) is 9.69 Å². The molecule has 0 radical (unpaired) electrons. The molecule has 5 aliphatic rings. The molecule has 5 atom stereocenters. The quantitative estimate of drug-likeness (QED) is 0.721. The maximum atomic E-state index is 12.3. The first-order chi connectivity index (χ1) is 14.0. The second-order valence-electron chi connectivity index (χ2n) is 9.86. The number of amides is 1. The van der Waals surface area contributed by atoms with E-state index in [4.69, 9.17) is 4.74 Å². The number of aromatic hydroxyl groups is 1. The molecule has 1 amide bonds. The van der Waals surface area contributed by atoms with E-state index in [1.807, 2.05) is 13.0 Å². The molecule has 3 N–H and O–H groups in total. The number of phenolic OH excluding ortho intramolecular Hbond substituents is 1. The van der Waals surface area contributed by atoms with Crippen LogP contribution in [0.3, 0.4) is 0 Å². The largest absolute Gasteiger partial charge is 0.504 e. The van der Waals surface area contributed by atoms with Gasteiger partial charge in [0.1, 0.15) is 6.10 Å². The Bertz CT molecular complexity index is 884. The van der Waals surface area contributed by atoms with Crippen LogP contribution in [0, 0.1) is 5.92 Å². The molecule has 6 rings (SSSR count). The van der Waals surface area contributed by atoms with Crippen LogP contribution in [-0.4, -0.2) is 57.9 Å². The molecule has 2 heterocycles. The molecule has 2 bridgehead atoms. The van der Waals surface area contributed by atoms with Crippen molar-refractivity contribution in [3.05, 3.63) is 23.3 Å². The van der Waals surface area contributed by atoms with Gasteiger partial charge in [-0.05, 0) is 62.6 Å². The molecular formula is C23H30N2O4. The molecule has 3 unspecified atom stereocenters. The number of aliphatic hydroxyl groups is 1. The molecule has 1 aromatic carbocycles. The van der Waals surface area contributed by atoms with Crippen LogP contribution in [-0.2, 0) is 16.6 Å². The van der Waals surface area contributed by atoms with E-state index < -0.39 is 11.0 Å². The highest BCUT2D eigenvalue weighted by Crippen LogP contribution is 2.65. The van der Waals surface area contributed by atoms with Gasteiger partial charge >= 0.3 is 0 Å². The number of piperidine rings is 1. The topological polar surface area (TPSA) is 82.0 Å². The van der Waals surface area contributed by atoms with E-state index in [9.17, 15) is 15.0 Å². The summed E-state index contributed by atoms with van der Waals surface area (Å²) in [5, 5.41) is 26.0. The molecular weight excluding hydrogens is 368 g/mol. The van der Waals surface area contributed by atoms with E-state index in [1.165, 1.54) is 18.4 Å². The number of carbonyl (C=O) groups excluding carboxylic acids is 1. The number of hydrogen-bond acceptors (Lipinski definition) is 5. The van der Waals surface area contributed by atoms with E-state index in [0.717, 1.165) is 37.4 Å². The van der Waals surface area contributed by atoms with Crippen molar-refractivity contribution in [2.24, 2.45) is 5.92 Å². The summed E-state index contributed by atoms with van der Waals surface area (Å²) in [6, 6.07) is 3.68. The standard InChI is InChI=1S/C23H30N2O4/c1-2-18(27)24-15-7-8-23(28)17-11-14-5-6-16(26)20-19(14)22(23,21(15)29-20)9-10-25(17)12-13-3-4-13/h5-6,13,15,17,21,26,28H,2-4,7-12H2,1H3,(H,24,27)/t15-,17?,21-,22?,23?/m0/s1. The van der Waals surface area contributed by atoms with Crippen molar-refractivity contribution in [3.8, 4) is 11.5 Å². The number of ether oxygens (including phenoxy) is 1. The number of hydrogen-bond donors (Lipinski definition) is 3. The zero-order valence-electron chi connectivity index (χ0n) is 17.0. The number of carbonyl (C=O) groups is 1. The number of nitrogens with one attached hydrogen (secondary N) is 1. The van der Waals surface area contributed by atoms with Crippen molar-refractivity contribution in [3.63, 3.8) is 0 Å². The van der Waals surface area contributed by atoms with Gasteiger partial charge in [-0.2, -0.15) is 0 Å². The molecule has 6 nitrogen and oxygen atoms in total. The van der Waals surface area contributed by atoms with Crippen LogP contribution in [0.2, 0.25) is 0 Å². The van der Waals surface area contributed by atoms with Gasteiger partial charge in [-0.15, -0.1) is 0 Å². The molecule has 1 saturated heterocycles. The lowest BCUT2D eigenvalue weighted by Crippen LogP contribution is -2.78. The molecule has 1 spiro atoms. The van der Waals surface area contributed by atoms with E-state index in [2.05, 4.69) is 10.2 Å². The normalized spacial score (nSPS) is 39.6. The Hall–Kier alpha value is -1.79. The fourth-order valence-electron chi connectivity index (χ4n) is 6.94. The predicted octanol–water partition coefficient (Wildman–Crippen LogP) is 1.85. The van der Waals surface area contributed by atoms with Gasteiger partial charge in [0.2, 0.25) is 5.91 Å². The Balaban J connectivity index is 1.49. The van der Waals surface area contributed by atoms with Crippen LogP contribution in [0.15, 0.2) is 12.1 Å². The van der Waals surface area contributed by atoms with Crippen LogP contribution in [0.4, 0.5) is 0 Å². The van der Waals surface area contributed by atoms with E-state index >= 15 is 0 Å². The minimum atomic E-state index is -0.885. The second-order valence-corrected chi connectivity index (χ2v) is 9.86. The SMILES string of the molecule is CCC(=O)N[C@H]1CCC2(O)C3Cc4ccc(O)c5c4C2(CCN3CC2CC2)[C@H]1O5. The summed E-state index contributed by atoms with van der Waals surface area (Å²) in [7, 11) is 0. The van der Waals surface area contributed by atoms with Crippen LogP contribution in [0.1, 0.15) is 56.6 Å². The number of benzene rings is 1. The summed E-state index contributed by atoms with van der Waals surface area (Å²) >= 11 is 0. The Morgan fingerprint density at radius 2 is 2.14 bits per heavy atom. The molecule has 0 aromatic heterocycles. The van der Waals surface area contributed by atoms with Crippen molar-refractivity contribution in [2.45, 2.75) is 81.1 Å². The summed E-state index contributed by atoms with van der Waals surface area (Å²) in [5.41, 5.74) is 0.772. The molecule has 2 saturated carbocycles. The molecule has 3 aliphatic carbocycles. The third-order valence-electron chi connectivity index (χ3n) is 8.43. The summed E-state index contributed by atoms with van der Waals surface area (Å²) in [6.45, 7) is 3.87. The van der Waals surface area contributed by atoms with Gasteiger partial charge in [-0.1, -0.05) is 13.0 Å². The van der Waals surface area contributed by atoms with Gasteiger partial charge in [0.15, 0.2) is 11.5 Å². The minimum absolute atomic E-state index is 0.0133. The van der Waals surface area contributed by atoms with Crippen LogP contribution in [0.5, 0.6) is 11.5 Å². The Kier molecular flexibility index (Phi) is 3.66. The van der Waals surface area contributed by atoms with Crippen molar-refractivity contribution >= 4 is 5.91 Å². The maximum absolute atomic E-state index is 12.3. The predicted molar refractivity (Wildman–Crippen MR) is 107 cm³/mol. The van der Waals surface area contributed by atoms with Crippen LogP contribution < -0.4 is 10.1 Å². The summed E-state index contributed by atoms with van der Waals surface area (Å²) < 4.78 is 6.42. The zero-order valence-corrected chi connectivity index (χ0v) is 17.0. The first kappa shape index (κ1) is 18.0. The molecule has 156 valence electrons. The summed E-state index contributed by atoms with van der Waals surface area (Å²) in [6.07, 6.45) is 5.67. The fourth-order valence-corrected chi connectivity index (χ4v) is 6.94. The highest BCUT2D eigenvalue weighted by atomic mass is 16.5. The van der Waals surface area contributed by atoms with E-state index in [1.54, 1.807) is 6.07 Å². The number of likely N-dealkylation sites (tertiary alicyclic amines) is 1. The second kappa shape index (κ2) is 5.88. The summed E-state index contributed by atoms with van der Waals surface area (Å²) in [4.78, 5) is 14.7. The number of phenols is 1. The molecule has 1 aromatic rings. The smallest absolute Gasteiger partial charge is 0.220 e. The zero-order chi connectivity index (χ0) is 20.0. The lowest BCUT2D eigenvalue weighted by atomic mass is 9.48. The molecule has 3 fully saturated rings. The van der Waals surface area contributed by atoms with E-state index in [-0.39, 0.29) is 29.8 Å². The van der Waals surface area contributed by atoms with Crippen LogP contribution >= 0.6 is 0 Å². The Morgan fingerprint density at radius 1 is 1.31 bits per heavy atom. The van der Waals surface area contributed by atoms with Crippen molar-refractivity contribution in [2.75, 3.05) is 13.1 Å². The first-order valence-corrected chi connectivity index (χ1v) is 11.3. The highest BCUT2D eigenvalue weighted by molar-refractivity contribution is 5.76. The van der Waals surface area contributed by atoms with Crippen molar-refractivity contribution < 1.29 is 19.7 Å². The Morgan fingerprint density at radius 3 is 2.90 bits per heavy atom. The maximum Gasteiger partial charge on any atom is 0.220 e. The number of rotatable bonds is 4. The molecule has 6 heteroatoms. The molecule has 2 aliphatic heterocycles. The average molecular weight is 399 g/mol. The number of nitrogens with zero attached hydrogens (tertiary/aromatic N) is 1. The van der Waals surface area contributed by atoms with E-state index in [0.29, 0.717) is 25.0 Å². The Labute approximate surface area is 171 Å². The molecule has 29 heavy (non-hydrogen) atoms. The van der Waals surface area contributed by atoms with Gasteiger partial charge in [-0.25, -0.2) is 0 Å². The fraction of sp³-hybridized carbons (Fsp3) is 0.696. The first-order valence-electron chi connectivity index (χ1n) is 11.3. The minimum Gasteiger partial charge on any atom is -0.504 e. The van der Waals surface area contributed by atoms with Crippen LogP contribution in [0.25, 0.3) is 0 Å². The highest BCUT2D eigenvalue weighted by Gasteiger charge is 2.73. The van der Waals surface area contributed by atoms with Gasteiger partial charge in [0.25, 0.3) is 0 Å².